The van der Waals surface area contributed by atoms with E-state index in [-0.39, 0.29) is 5.60 Å². The highest BCUT2D eigenvalue weighted by atomic mass is 16.5. The summed E-state index contributed by atoms with van der Waals surface area (Å²) in [6.07, 6.45) is 16.0. The van der Waals surface area contributed by atoms with Crippen molar-refractivity contribution < 1.29 is 4.74 Å². The third-order valence-electron chi connectivity index (χ3n) is 7.51. The van der Waals surface area contributed by atoms with Crippen molar-refractivity contribution in [2.45, 2.75) is 138 Å². The molecule has 0 bridgehead atoms. The molecular weight excluding hydrogens is 328 g/mol. The number of fused-ring (bicyclic) bond motifs is 3. The van der Waals surface area contributed by atoms with E-state index in [1.807, 2.05) is 13.8 Å². The van der Waals surface area contributed by atoms with Crippen LogP contribution < -0.4 is 0 Å². The lowest BCUT2D eigenvalue weighted by molar-refractivity contribution is -0.216. The summed E-state index contributed by atoms with van der Waals surface area (Å²) in [7, 11) is 0. The van der Waals surface area contributed by atoms with Gasteiger partial charge in [-0.2, -0.15) is 0 Å². The van der Waals surface area contributed by atoms with Gasteiger partial charge in [-0.1, -0.05) is 92.9 Å². The van der Waals surface area contributed by atoms with Gasteiger partial charge >= 0.3 is 0 Å². The summed E-state index contributed by atoms with van der Waals surface area (Å²) in [5.41, 5.74) is 0.118. The molecule has 1 heteroatoms. The summed E-state index contributed by atoms with van der Waals surface area (Å²) in [5, 5.41) is 0. The topological polar surface area (TPSA) is 9.23 Å². The van der Waals surface area contributed by atoms with Gasteiger partial charge in [0.25, 0.3) is 0 Å². The Morgan fingerprint density at radius 1 is 0.815 bits per heavy atom. The van der Waals surface area contributed by atoms with Crippen LogP contribution in [-0.2, 0) is 4.74 Å². The van der Waals surface area contributed by atoms with E-state index in [0.717, 1.165) is 29.6 Å². The van der Waals surface area contributed by atoms with Crippen molar-refractivity contribution in [1.82, 2.24) is 0 Å². The van der Waals surface area contributed by atoms with Gasteiger partial charge in [0, 0.05) is 0 Å². The lowest BCUT2D eigenvalue weighted by Crippen LogP contribution is -2.55. The second-order valence-corrected chi connectivity index (χ2v) is 9.98. The molecule has 2 saturated carbocycles. The Balaban J connectivity index is 0.000000392. The van der Waals surface area contributed by atoms with Crippen LogP contribution in [0.5, 0.6) is 0 Å². The molecule has 3 fully saturated rings. The standard InChI is InChI=1S/C18H32O.C6H14.C2H6/c1-12-8-10-14-15(11-9-12)18(3,4)19-16-7-5-6-13(2)17(14)16;1-3-5-6-4-2;1-2/h12-17H,5-11H2,1-4H3;3-6H2,1-2H3;1-2H3/t12?,13?,14?,15?,16-,17?;;/m1../s1. The van der Waals surface area contributed by atoms with E-state index < -0.39 is 0 Å². The highest BCUT2D eigenvalue weighted by molar-refractivity contribution is 5.00. The molecule has 3 aliphatic rings. The van der Waals surface area contributed by atoms with E-state index in [1.54, 1.807) is 0 Å². The molecule has 0 aromatic heterocycles. The van der Waals surface area contributed by atoms with Crippen molar-refractivity contribution in [2.24, 2.45) is 29.6 Å². The number of hydrogen-bond donors (Lipinski definition) is 0. The maximum absolute atomic E-state index is 6.61. The van der Waals surface area contributed by atoms with E-state index in [4.69, 9.17) is 4.74 Å². The van der Waals surface area contributed by atoms with E-state index in [0.29, 0.717) is 6.10 Å². The lowest BCUT2D eigenvalue weighted by atomic mass is 9.60. The van der Waals surface area contributed by atoms with Crippen LogP contribution in [0.4, 0.5) is 0 Å². The van der Waals surface area contributed by atoms with Crippen molar-refractivity contribution in [3.8, 4) is 0 Å². The monoisotopic (exact) mass is 380 g/mol. The van der Waals surface area contributed by atoms with Gasteiger partial charge in [-0.3, -0.25) is 0 Å². The fourth-order valence-electron chi connectivity index (χ4n) is 6.03. The van der Waals surface area contributed by atoms with E-state index >= 15 is 0 Å². The number of ether oxygens (including phenoxy) is 1. The number of rotatable bonds is 3. The van der Waals surface area contributed by atoms with Gasteiger partial charge in [0.2, 0.25) is 0 Å². The van der Waals surface area contributed by atoms with Crippen LogP contribution in [0.2, 0.25) is 0 Å². The predicted molar refractivity (Wildman–Crippen MR) is 121 cm³/mol. The smallest absolute Gasteiger partial charge is 0.0661 e. The molecular formula is C26H52O. The first kappa shape index (κ1) is 25.0. The summed E-state index contributed by atoms with van der Waals surface area (Å²) in [4.78, 5) is 0. The Kier molecular flexibility index (Phi) is 11.6. The third-order valence-corrected chi connectivity index (χ3v) is 7.51. The molecule has 0 aromatic rings. The molecule has 1 saturated heterocycles. The Hall–Kier alpha value is -0.0400. The molecule has 0 N–H and O–H groups in total. The van der Waals surface area contributed by atoms with Crippen LogP contribution >= 0.6 is 0 Å². The minimum atomic E-state index is 0.118. The molecule has 0 amide bonds. The Morgan fingerprint density at radius 3 is 2.00 bits per heavy atom. The quantitative estimate of drug-likeness (QED) is 0.445. The van der Waals surface area contributed by atoms with Crippen LogP contribution in [0.3, 0.4) is 0 Å². The van der Waals surface area contributed by atoms with Crippen molar-refractivity contribution >= 4 is 0 Å². The molecule has 162 valence electrons. The molecule has 0 radical (unpaired) electrons. The minimum Gasteiger partial charge on any atom is -0.372 e. The largest absolute Gasteiger partial charge is 0.372 e. The highest BCUT2D eigenvalue weighted by Crippen LogP contribution is 2.53. The third kappa shape index (κ3) is 7.06. The summed E-state index contributed by atoms with van der Waals surface area (Å²) in [6, 6.07) is 0. The van der Waals surface area contributed by atoms with Gasteiger partial charge in [0.05, 0.1) is 11.7 Å². The van der Waals surface area contributed by atoms with E-state index in [2.05, 4.69) is 41.5 Å². The predicted octanol–water partition coefficient (Wildman–Crippen LogP) is 8.66. The number of unbranched alkanes of at least 4 members (excludes halogenated alkanes) is 3. The maximum Gasteiger partial charge on any atom is 0.0661 e. The van der Waals surface area contributed by atoms with Crippen molar-refractivity contribution in [3.63, 3.8) is 0 Å². The molecule has 1 nitrogen and oxygen atoms in total. The summed E-state index contributed by atoms with van der Waals surface area (Å²) in [6.45, 7) is 18.1. The Labute approximate surface area is 172 Å². The Bertz CT molecular complexity index is 368. The van der Waals surface area contributed by atoms with Gasteiger partial charge in [-0.25, -0.2) is 0 Å². The maximum atomic E-state index is 6.61. The summed E-state index contributed by atoms with van der Waals surface area (Å²) >= 11 is 0. The Morgan fingerprint density at radius 2 is 1.41 bits per heavy atom. The SMILES string of the molecule is CC.CC1CCC2C3C(C)CCC[C@H]3OC(C)(C)C2CC1.CCCCCC. The van der Waals surface area contributed by atoms with Crippen LogP contribution in [0.25, 0.3) is 0 Å². The molecule has 2 aliphatic carbocycles. The average Bonchev–Trinajstić information content (AvgIpc) is 2.84. The number of hydrogen-bond acceptors (Lipinski definition) is 1. The molecule has 6 atom stereocenters. The summed E-state index contributed by atoms with van der Waals surface area (Å²) < 4.78 is 6.61. The second-order valence-electron chi connectivity index (χ2n) is 9.98. The van der Waals surface area contributed by atoms with Crippen molar-refractivity contribution in [1.29, 1.82) is 0 Å². The zero-order valence-corrected chi connectivity index (χ0v) is 20.2. The normalized spacial score (nSPS) is 37.3. The van der Waals surface area contributed by atoms with Crippen molar-refractivity contribution in [3.05, 3.63) is 0 Å². The van der Waals surface area contributed by atoms with Gasteiger partial charge in [-0.05, 0) is 62.7 Å². The first-order chi connectivity index (χ1) is 12.9. The van der Waals surface area contributed by atoms with E-state index in [1.165, 1.54) is 70.6 Å². The zero-order valence-electron chi connectivity index (χ0n) is 20.2. The van der Waals surface area contributed by atoms with Crippen molar-refractivity contribution in [2.75, 3.05) is 0 Å². The molecule has 27 heavy (non-hydrogen) atoms. The molecule has 0 aromatic carbocycles. The lowest BCUT2D eigenvalue weighted by Gasteiger charge is -2.55. The molecule has 1 heterocycles. The summed E-state index contributed by atoms with van der Waals surface area (Å²) in [5.74, 6) is 4.42. The molecule has 0 spiro atoms. The second kappa shape index (κ2) is 12.5. The van der Waals surface area contributed by atoms with Crippen LogP contribution in [0.1, 0.15) is 126 Å². The van der Waals surface area contributed by atoms with Gasteiger partial charge < -0.3 is 4.74 Å². The first-order valence-electron chi connectivity index (χ1n) is 12.6. The molecule has 1 aliphatic heterocycles. The van der Waals surface area contributed by atoms with E-state index in [9.17, 15) is 0 Å². The first-order valence-corrected chi connectivity index (χ1v) is 12.6. The van der Waals surface area contributed by atoms with Gasteiger partial charge in [-0.15, -0.1) is 0 Å². The fourth-order valence-corrected chi connectivity index (χ4v) is 6.03. The van der Waals surface area contributed by atoms with Gasteiger partial charge in [0.15, 0.2) is 0 Å². The molecule has 5 unspecified atom stereocenters. The fraction of sp³-hybridized carbons (Fsp3) is 1.00. The highest BCUT2D eigenvalue weighted by Gasteiger charge is 2.51. The van der Waals surface area contributed by atoms with Crippen LogP contribution in [0, 0.1) is 29.6 Å². The van der Waals surface area contributed by atoms with Crippen LogP contribution in [-0.4, -0.2) is 11.7 Å². The molecule has 3 rings (SSSR count). The minimum absolute atomic E-state index is 0.118. The van der Waals surface area contributed by atoms with Gasteiger partial charge in [0.1, 0.15) is 0 Å². The zero-order chi connectivity index (χ0) is 20.4. The van der Waals surface area contributed by atoms with Crippen LogP contribution in [0.15, 0.2) is 0 Å². The average molecular weight is 381 g/mol.